The van der Waals surface area contributed by atoms with E-state index in [0.717, 1.165) is 30.5 Å². The summed E-state index contributed by atoms with van der Waals surface area (Å²) in [6, 6.07) is 0. The van der Waals surface area contributed by atoms with Crippen LogP contribution in [0.25, 0.3) is 0 Å². The van der Waals surface area contributed by atoms with E-state index in [1.807, 2.05) is 0 Å². The van der Waals surface area contributed by atoms with Crippen LogP contribution < -0.4 is 0 Å². The van der Waals surface area contributed by atoms with Crippen molar-refractivity contribution in [2.24, 2.45) is 5.41 Å². The molecule has 116 valence electrons. The van der Waals surface area contributed by atoms with E-state index in [1.54, 1.807) is 4.90 Å². The zero-order chi connectivity index (χ0) is 15.3. The van der Waals surface area contributed by atoms with Gasteiger partial charge in [0.1, 0.15) is 11.0 Å². The molecule has 6 heteroatoms. The second-order valence-corrected chi connectivity index (χ2v) is 7.37. The fourth-order valence-electron chi connectivity index (χ4n) is 3.17. The molecule has 0 saturated carbocycles. The van der Waals surface area contributed by atoms with Crippen LogP contribution in [0.3, 0.4) is 0 Å². The van der Waals surface area contributed by atoms with E-state index in [2.05, 4.69) is 23.8 Å². The molecule has 1 aliphatic carbocycles. The number of rotatable bonds is 2. The maximum atomic E-state index is 13.2. The molecule has 0 unspecified atom stereocenters. The molecule has 0 radical (unpaired) electrons. The van der Waals surface area contributed by atoms with Gasteiger partial charge in [-0.15, -0.1) is 0 Å². The summed E-state index contributed by atoms with van der Waals surface area (Å²) in [4.78, 5) is 10.6. The van der Waals surface area contributed by atoms with Gasteiger partial charge in [-0.1, -0.05) is 25.4 Å². The number of halogens is 3. The maximum absolute atomic E-state index is 13.2. The van der Waals surface area contributed by atoms with Crippen molar-refractivity contribution in [1.29, 1.82) is 0 Å². The molecule has 0 amide bonds. The Balaban J connectivity index is 1.78. The molecular weight excluding hydrogens is 296 g/mol. The van der Waals surface area contributed by atoms with Crippen molar-refractivity contribution in [2.75, 3.05) is 13.1 Å². The van der Waals surface area contributed by atoms with Crippen molar-refractivity contribution in [3.05, 3.63) is 22.2 Å². The summed E-state index contributed by atoms with van der Waals surface area (Å²) < 4.78 is 26.5. The van der Waals surface area contributed by atoms with Gasteiger partial charge in [0.05, 0.1) is 13.1 Å². The summed E-state index contributed by atoms with van der Waals surface area (Å²) >= 11 is 6.30. The lowest BCUT2D eigenvalue weighted by molar-refractivity contribution is 0.0113. The van der Waals surface area contributed by atoms with E-state index in [9.17, 15) is 8.78 Å². The lowest BCUT2D eigenvalue weighted by Gasteiger charge is -2.31. The number of aryl methyl sites for hydroxylation is 1. The fraction of sp³-hybridized carbons (Fsp3) is 0.733. The van der Waals surface area contributed by atoms with Gasteiger partial charge in [-0.25, -0.2) is 18.7 Å². The summed E-state index contributed by atoms with van der Waals surface area (Å²) in [6.45, 7) is 4.96. The van der Waals surface area contributed by atoms with Gasteiger partial charge in [0.2, 0.25) is 0 Å². The Kier molecular flexibility index (Phi) is 3.69. The van der Waals surface area contributed by atoms with Crippen LogP contribution in [0.15, 0.2) is 0 Å². The molecule has 0 spiro atoms. The number of hydrogen-bond acceptors (Lipinski definition) is 3. The van der Waals surface area contributed by atoms with Crippen molar-refractivity contribution >= 4 is 11.6 Å². The summed E-state index contributed by atoms with van der Waals surface area (Å²) in [7, 11) is 0. The van der Waals surface area contributed by atoms with Crippen LogP contribution in [0.1, 0.15) is 43.8 Å². The highest BCUT2D eigenvalue weighted by Gasteiger charge is 2.38. The number of fused-ring (bicyclic) bond motifs is 1. The molecule has 0 atom stereocenters. The second-order valence-electron chi connectivity index (χ2n) is 7.01. The van der Waals surface area contributed by atoms with Crippen LogP contribution in [0.4, 0.5) is 8.78 Å². The van der Waals surface area contributed by atoms with Gasteiger partial charge in [-0.3, -0.25) is 4.90 Å². The lowest BCUT2D eigenvalue weighted by Crippen LogP contribution is -2.28. The smallest absolute Gasteiger partial charge is 0.261 e. The Morgan fingerprint density at radius 3 is 2.67 bits per heavy atom. The predicted octanol–water partition coefficient (Wildman–Crippen LogP) is 3.49. The molecule has 0 bridgehead atoms. The number of nitrogens with zero attached hydrogens (tertiary/aromatic N) is 3. The molecule has 0 aromatic carbocycles. The second kappa shape index (κ2) is 5.13. The highest BCUT2D eigenvalue weighted by Crippen LogP contribution is 2.36. The van der Waals surface area contributed by atoms with Crippen LogP contribution in [0, 0.1) is 5.41 Å². The Morgan fingerprint density at radius 2 is 2.00 bits per heavy atom. The van der Waals surface area contributed by atoms with Gasteiger partial charge in [0.15, 0.2) is 0 Å². The SMILES string of the molecule is CC1(C)CCc2nc(CN3CCC(F)(F)C3)nc(Cl)c2C1. The van der Waals surface area contributed by atoms with E-state index in [0.29, 0.717) is 24.1 Å². The molecule has 1 saturated heterocycles. The zero-order valence-electron chi connectivity index (χ0n) is 12.4. The molecule has 1 aromatic heterocycles. The molecule has 0 N–H and O–H groups in total. The first-order valence-corrected chi connectivity index (χ1v) is 7.76. The van der Waals surface area contributed by atoms with Crippen molar-refractivity contribution in [1.82, 2.24) is 14.9 Å². The summed E-state index contributed by atoms with van der Waals surface area (Å²) in [6.07, 6.45) is 2.74. The predicted molar refractivity (Wildman–Crippen MR) is 77.7 cm³/mol. The number of hydrogen-bond donors (Lipinski definition) is 0. The largest absolute Gasteiger partial charge is 0.290 e. The summed E-state index contributed by atoms with van der Waals surface area (Å²) in [5.74, 6) is -2.02. The first kappa shape index (κ1) is 15.1. The van der Waals surface area contributed by atoms with E-state index >= 15 is 0 Å². The van der Waals surface area contributed by atoms with Gasteiger partial charge in [0, 0.05) is 24.2 Å². The molecule has 1 fully saturated rings. The molecule has 2 heterocycles. The van der Waals surface area contributed by atoms with Crippen molar-refractivity contribution in [3.8, 4) is 0 Å². The third kappa shape index (κ3) is 3.34. The highest BCUT2D eigenvalue weighted by atomic mass is 35.5. The fourth-order valence-corrected chi connectivity index (χ4v) is 3.44. The van der Waals surface area contributed by atoms with Gasteiger partial charge >= 0.3 is 0 Å². The van der Waals surface area contributed by atoms with Gasteiger partial charge in [-0.05, 0) is 24.7 Å². The minimum absolute atomic E-state index is 0.0835. The van der Waals surface area contributed by atoms with Crippen molar-refractivity contribution in [2.45, 2.75) is 52.0 Å². The Hall–Kier alpha value is -0.810. The Morgan fingerprint density at radius 1 is 1.24 bits per heavy atom. The molecule has 3 rings (SSSR count). The van der Waals surface area contributed by atoms with E-state index in [4.69, 9.17) is 11.6 Å². The van der Waals surface area contributed by atoms with Crippen LogP contribution in [0.5, 0.6) is 0 Å². The normalized spacial score (nSPS) is 24.0. The molecule has 1 aromatic rings. The quantitative estimate of drug-likeness (QED) is 0.782. The molecular formula is C15H20ClF2N3. The molecule has 1 aliphatic heterocycles. The van der Waals surface area contributed by atoms with Crippen LogP contribution >= 0.6 is 11.6 Å². The third-order valence-corrected chi connectivity index (χ3v) is 4.71. The van der Waals surface area contributed by atoms with Gasteiger partial charge in [-0.2, -0.15) is 0 Å². The van der Waals surface area contributed by atoms with Gasteiger partial charge in [0.25, 0.3) is 5.92 Å². The van der Waals surface area contributed by atoms with Crippen LogP contribution in [-0.4, -0.2) is 33.9 Å². The van der Waals surface area contributed by atoms with Gasteiger partial charge < -0.3 is 0 Å². The first-order valence-electron chi connectivity index (χ1n) is 7.38. The minimum atomic E-state index is -2.58. The summed E-state index contributed by atoms with van der Waals surface area (Å²) in [5.41, 5.74) is 2.25. The average Bonchev–Trinajstić information content (AvgIpc) is 2.69. The third-order valence-electron chi connectivity index (χ3n) is 4.40. The topological polar surface area (TPSA) is 29.0 Å². The van der Waals surface area contributed by atoms with Crippen molar-refractivity contribution < 1.29 is 8.78 Å². The standard InChI is InChI=1S/C15H20ClF2N3/c1-14(2)4-3-11-10(7-14)13(16)20-12(19-11)8-21-6-5-15(17,18)9-21/h3-9H2,1-2H3. The van der Waals surface area contributed by atoms with Crippen LogP contribution in [0.2, 0.25) is 5.15 Å². The molecule has 3 nitrogen and oxygen atoms in total. The van der Waals surface area contributed by atoms with E-state index in [1.165, 1.54) is 0 Å². The summed E-state index contributed by atoms with van der Waals surface area (Å²) in [5, 5.41) is 0.494. The maximum Gasteiger partial charge on any atom is 0.261 e. The number of alkyl halides is 2. The Labute approximate surface area is 128 Å². The zero-order valence-corrected chi connectivity index (χ0v) is 13.2. The Bertz CT molecular complexity index is 560. The monoisotopic (exact) mass is 315 g/mol. The van der Waals surface area contributed by atoms with E-state index in [-0.39, 0.29) is 18.4 Å². The van der Waals surface area contributed by atoms with E-state index < -0.39 is 5.92 Å². The highest BCUT2D eigenvalue weighted by molar-refractivity contribution is 6.30. The average molecular weight is 316 g/mol. The lowest BCUT2D eigenvalue weighted by atomic mass is 9.76. The molecule has 21 heavy (non-hydrogen) atoms. The van der Waals surface area contributed by atoms with Crippen molar-refractivity contribution in [3.63, 3.8) is 0 Å². The number of aromatic nitrogens is 2. The minimum Gasteiger partial charge on any atom is -0.290 e. The van der Waals surface area contributed by atoms with Crippen LogP contribution in [-0.2, 0) is 19.4 Å². The first-order chi connectivity index (χ1) is 9.74. The molecule has 2 aliphatic rings. The number of likely N-dealkylation sites (tertiary alicyclic amines) is 1.